The fourth-order valence-corrected chi connectivity index (χ4v) is 2.11. The highest BCUT2D eigenvalue weighted by Crippen LogP contribution is 2.14. The largest absolute Gasteiger partial charge is 0.373 e. The molecule has 0 fully saturated rings. The van der Waals surface area contributed by atoms with Crippen molar-refractivity contribution in [3.05, 3.63) is 65.2 Å². The Labute approximate surface area is 124 Å². The van der Waals surface area contributed by atoms with E-state index in [0.717, 1.165) is 12.2 Å². The van der Waals surface area contributed by atoms with Crippen molar-refractivity contribution >= 4 is 23.2 Å². The lowest BCUT2D eigenvalue weighted by atomic mass is 10.2. The van der Waals surface area contributed by atoms with E-state index in [1.54, 1.807) is 18.2 Å². The third-order valence-electron chi connectivity index (χ3n) is 3.05. The van der Waals surface area contributed by atoms with Gasteiger partial charge in [-0.25, -0.2) is 0 Å². The molecule has 0 bridgehead atoms. The van der Waals surface area contributed by atoms with E-state index >= 15 is 0 Å². The summed E-state index contributed by atoms with van der Waals surface area (Å²) in [5, 5.41) is 3.35. The smallest absolute Gasteiger partial charge is 0.252 e. The molecule has 0 saturated carbocycles. The van der Waals surface area contributed by atoms with Gasteiger partial charge in [0.2, 0.25) is 0 Å². The molecule has 0 heterocycles. The molecule has 0 saturated heterocycles. The second kappa shape index (κ2) is 6.96. The lowest BCUT2D eigenvalue weighted by Gasteiger charge is -2.19. The molecule has 0 radical (unpaired) electrons. The SMILES string of the molecule is CN(CCNC(=O)c1ccccc1Cl)c1ccccc1. The number of halogens is 1. The molecule has 3 nitrogen and oxygen atoms in total. The van der Waals surface area contributed by atoms with Crippen molar-refractivity contribution in [1.29, 1.82) is 0 Å². The van der Waals surface area contributed by atoms with Crippen molar-refractivity contribution < 1.29 is 4.79 Å². The van der Waals surface area contributed by atoms with Gasteiger partial charge >= 0.3 is 0 Å². The highest BCUT2D eigenvalue weighted by molar-refractivity contribution is 6.33. The number of anilines is 1. The number of para-hydroxylation sites is 1. The van der Waals surface area contributed by atoms with Crippen molar-refractivity contribution in [1.82, 2.24) is 5.32 Å². The lowest BCUT2D eigenvalue weighted by molar-refractivity contribution is 0.0955. The van der Waals surface area contributed by atoms with Crippen LogP contribution in [0.1, 0.15) is 10.4 Å². The topological polar surface area (TPSA) is 32.3 Å². The van der Waals surface area contributed by atoms with Gasteiger partial charge in [0.1, 0.15) is 0 Å². The molecule has 20 heavy (non-hydrogen) atoms. The van der Waals surface area contributed by atoms with E-state index in [0.29, 0.717) is 17.1 Å². The van der Waals surface area contributed by atoms with Crippen LogP contribution in [0.4, 0.5) is 5.69 Å². The second-order valence-corrected chi connectivity index (χ2v) is 4.90. The molecular weight excluding hydrogens is 272 g/mol. The van der Waals surface area contributed by atoms with Crippen LogP contribution in [0.5, 0.6) is 0 Å². The van der Waals surface area contributed by atoms with Crippen LogP contribution in [0.2, 0.25) is 5.02 Å². The van der Waals surface area contributed by atoms with Gasteiger partial charge < -0.3 is 10.2 Å². The summed E-state index contributed by atoms with van der Waals surface area (Å²) in [6.45, 7) is 1.30. The molecule has 0 aliphatic heterocycles. The second-order valence-electron chi connectivity index (χ2n) is 4.49. The molecule has 0 aromatic heterocycles. The maximum Gasteiger partial charge on any atom is 0.252 e. The van der Waals surface area contributed by atoms with Crippen LogP contribution in [0, 0.1) is 0 Å². The molecule has 1 amide bonds. The molecule has 0 unspecified atom stereocenters. The van der Waals surface area contributed by atoms with E-state index in [2.05, 4.69) is 10.2 Å². The van der Waals surface area contributed by atoms with E-state index in [4.69, 9.17) is 11.6 Å². The van der Waals surface area contributed by atoms with Crippen LogP contribution in [-0.4, -0.2) is 26.0 Å². The summed E-state index contributed by atoms with van der Waals surface area (Å²) in [4.78, 5) is 14.1. The minimum Gasteiger partial charge on any atom is -0.373 e. The van der Waals surface area contributed by atoms with Crippen LogP contribution in [0.3, 0.4) is 0 Å². The first-order valence-electron chi connectivity index (χ1n) is 6.47. The third-order valence-corrected chi connectivity index (χ3v) is 3.38. The monoisotopic (exact) mass is 288 g/mol. The summed E-state index contributed by atoms with van der Waals surface area (Å²) in [5.41, 5.74) is 1.64. The Morgan fingerprint density at radius 1 is 1.10 bits per heavy atom. The van der Waals surface area contributed by atoms with Crippen molar-refractivity contribution in [2.24, 2.45) is 0 Å². The number of benzene rings is 2. The Balaban J connectivity index is 1.84. The van der Waals surface area contributed by atoms with Crippen molar-refractivity contribution in [3.63, 3.8) is 0 Å². The Morgan fingerprint density at radius 3 is 2.45 bits per heavy atom. The first kappa shape index (κ1) is 14.4. The van der Waals surface area contributed by atoms with Crippen LogP contribution < -0.4 is 10.2 Å². The predicted octanol–water partition coefficient (Wildman–Crippen LogP) is 3.21. The minimum atomic E-state index is -0.142. The van der Waals surface area contributed by atoms with Gasteiger partial charge in [-0.15, -0.1) is 0 Å². The van der Waals surface area contributed by atoms with Crippen molar-refractivity contribution in [2.45, 2.75) is 0 Å². The normalized spacial score (nSPS) is 10.1. The zero-order valence-corrected chi connectivity index (χ0v) is 12.1. The van der Waals surface area contributed by atoms with E-state index in [9.17, 15) is 4.79 Å². The van der Waals surface area contributed by atoms with Crippen LogP contribution in [-0.2, 0) is 0 Å². The molecule has 0 aliphatic carbocycles. The Kier molecular flexibility index (Phi) is 5.02. The van der Waals surface area contributed by atoms with Crippen molar-refractivity contribution in [2.75, 3.05) is 25.0 Å². The van der Waals surface area contributed by atoms with Gasteiger partial charge in [-0.05, 0) is 24.3 Å². The molecule has 2 rings (SSSR count). The number of amides is 1. The first-order valence-corrected chi connectivity index (χ1v) is 6.85. The minimum absolute atomic E-state index is 0.142. The molecule has 0 aliphatic rings. The predicted molar refractivity (Wildman–Crippen MR) is 83.5 cm³/mol. The average Bonchev–Trinajstić information content (AvgIpc) is 2.48. The summed E-state index contributed by atoms with van der Waals surface area (Å²) < 4.78 is 0. The van der Waals surface area contributed by atoms with Gasteiger partial charge in [0, 0.05) is 25.8 Å². The van der Waals surface area contributed by atoms with E-state index in [1.807, 2.05) is 43.4 Å². The number of carbonyl (C=O) groups is 1. The maximum absolute atomic E-state index is 12.0. The van der Waals surface area contributed by atoms with Gasteiger partial charge in [-0.1, -0.05) is 41.9 Å². The summed E-state index contributed by atoms with van der Waals surface area (Å²) in [6, 6.07) is 17.1. The summed E-state index contributed by atoms with van der Waals surface area (Å²) in [6.07, 6.45) is 0. The maximum atomic E-state index is 12.0. The Hall–Kier alpha value is -2.00. The zero-order valence-electron chi connectivity index (χ0n) is 11.3. The zero-order chi connectivity index (χ0) is 14.4. The number of hydrogen-bond acceptors (Lipinski definition) is 2. The average molecular weight is 289 g/mol. The van der Waals surface area contributed by atoms with Gasteiger partial charge in [0.05, 0.1) is 10.6 Å². The summed E-state index contributed by atoms with van der Waals surface area (Å²) in [5.74, 6) is -0.142. The Morgan fingerprint density at radius 2 is 1.75 bits per heavy atom. The number of rotatable bonds is 5. The van der Waals surface area contributed by atoms with E-state index in [1.165, 1.54) is 0 Å². The number of carbonyl (C=O) groups excluding carboxylic acids is 1. The molecule has 0 atom stereocenters. The number of likely N-dealkylation sites (N-methyl/N-ethyl adjacent to an activating group) is 1. The molecule has 1 N–H and O–H groups in total. The summed E-state index contributed by atoms with van der Waals surface area (Å²) >= 11 is 5.99. The molecule has 2 aromatic rings. The summed E-state index contributed by atoms with van der Waals surface area (Å²) in [7, 11) is 2.00. The standard InChI is InChI=1S/C16H17ClN2O/c1-19(13-7-3-2-4-8-13)12-11-18-16(20)14-9-5-6-10-15(14)17/h2-10H,11-12H2,1H3,(H,18,20). The van der Waals surface area contributed by atoms with E-state index < -0.39 is 0 Å². The molecule has 4 heteroatoms. The number of hydrogen-bond donors (Lipinski definition) is 1. The molecule has 0 spiro atoms. The van der Waals surface area contributed by atoms with Crippen LogP contribution in [0.25, 0.3) is 0 Å². The number of nitrogens with zero attached hydrogens (tertiary/aromatic N) is 1. The fourth-order valence-electron chi connectivity index (χ4n) is 1.89. The van der Waals surface area contributed by atoms with Gasteiger partial charge in [0.15, 0.2) is 0 Å². The Bertz CT molecular complexity index is 572. The molecular formula is C16H17ClN2O. The lowest BCUT2D eigenvalue weighted by Crippen LogP contribution is -2.33. The van der Waals surface area contributed by atoms with Gasteiger partial charge in [-0.2, -0.15) is 0 Å². The third kappa shape index (κ3) is 3.75. The molecule has 2 aromatic carbocycles. The first-order chi connectivity index (χ1) is 9.68. The number of nitrogens with one attached hydrogen (secondary N) is 1. The van der Waals surface area contributed by atoms with Crippen molar-refractivity contribution in [3.8, 4) is 0 Å². The van der Waals surface area contributed by atoms with Crippen LogP contribution >= 0.6 is 11.6 Å². The quantitative estimate of drug-likeness (QED) is 0.916. The highest BCUT2D eigenvalue weighted by atomic mass is 35.5. The van der Waals surface area contributed by atoms with E-state index in [-0.39, 0.29) is 5.91 Å². The van der Waals surface area contributed by atoms with Gasteiger partial charge in [0.25, 0.3) is 5.91 Å². The van der Waals surface area contributed by atoms with Gasteiger partial charge in [-0.3, -0.25) is 4.79 Å². The highest BCUT2D eigenvalue weighted by Gasteiger charge is 2.08. The molecule has 104 valence electrons. The van der Waals surface area contributed by atoms with Crippen LogP contribution in [0.15, 0.2) is 54.6 Å². The fraction of sp³-hybridized carbons (Fsp3) is 0.188.